The van der Waals surface area contributed by atoms with Crippen molar-refractivity contribution in [3.05, 3.63) is 41.3 Å². The minimum absolute atomic E-state index is 0.717. The lowest BCUT2D eigenvalue weighted by atomic mass is 10.1. The molecule has 1 fully saturated rings. The van der Waals surface area contributed by atoms with Crippen LogP contribution in [0.1, 0.15) is 17.0 Å². The smallest absolute Gasteiger partial charge is 0.226 e. The van der Waals surface area contributed by atoms with Gasteiger partial charge in [-0.15, -0.1) is 0 Å². The summed E-state index contributed by atoms with van der Waals surface area (Å²) < 4.78 is 11.2. The van der Waals surface area contributed by atoms with Crippen molar-refractivity contribution in [3.8, 4) is 11.5 Å². The summed E-state index contributed by atoms with van der Waals surface area (Å²) in [6.07, 6.45) is 0. The van der Waals surface area contributed by atoms with Crippen molar-refractivity contribution in [2.75, 3.05) is 26.3 Å². The van der Waals surface area contributed by atoms with Gasteiger partial charge in [-0.1, -0.05) is 17.7 Å². The Hall–Kier alpha value is -1.65. The highest BCUT2D eigenvalue weighted by Crippen LogP contribution is 2.23. The Morgan fingerprint density at radius 2 is 2.00 bits per heavy atom. The summed E-state index contributed by atoms with van der Waals surface area (Å²) in [6.45, 7) is 8.45. The Morgan fingerprint density at radius 1 is 1.20 bits per heavy atom. The molecule has 2 heterocycles. The fraction of sp³-hybridized carbons (Fsp3) is 0.438. The first-order valence-electron chi connectivity index (χ1n) is 7.06. The molecule has 1 aromatic heterocycles. The predicted molar refractivity (Wildman–Crippen MR) is 77.5 cm³/mol. The third kappa shape index (κ3) is 2.92. The second-order valence-corrected chi connectivity index (χ2v) is 5.28. The SMILES string of the molecule is Cc1cccc(-c2nc(CN3CCOCC3)c(C)o2)c1. The highest BCUT2D eigenvalue weighted by atomic mass is 16.5. The number of nitrogens with zero attached hydrogens (tertiary/aromatic N) is 2. The van der Waals surface area contributed by atoms with Gasteiger partial charge in [-0.2, -0.15) is 0 Å². The summed E-state index contributed by atoms with van der Waals surface area (Å²) >= 11 is 0. The maximum absolute atomic E-state index is 5.83. The molecule has 20 heavy (non-hydrogen) atoms. The fourth-order valence-corrected chi connectivity index (χ4v) is 2.45. The monoisotopic (exact) mass is 272 g/mol. The Morgan fingerprint density at radius 3 is 2.75 bits per heavy atom. The molecule has 106 valence electrons. The molecule has 0 bridgehead atoms. The number of aromatic nitrogens is 1. The Balaban J connectivity index is 1.80. The molecule has 2 aromatic rings. The largest absolute Gasteiger partial charge is 0.441 e. The van der Waals surface area contributed by atoms with Gasteiger partial charge in [0.05, 0.1) is 18.9 Å². The molecular weight excluding hydrogens is 252 g/mol. The van der Waals surface area contributed by atoms with Gasteiger partial charge in [-0.3, -0.25) is 4.90 Å². The second-order valence-electron chi connectivity index (χ2n) is 5.28. The van der Waals surface area contributed by atoms with Crippen molar-refractivity contribution in [2.24, 2.45) is 0 Å². The quantitative estimate of drug-likeness (QED) is 0.861. The molecule has 0 aliphatic carbocycles. The lowest BCUT2D eigenvalue weighted by molar-refractivity contribution is 0.0335. The zero-order chi connectivity index (χ0) is 13.9. The molecule has 0 amide bonds. The second kappa shape index (κ2) is 5.77. The van der Waals surface area contributed by atoms with Gasteiger partial charge < -0.3 is 9.15 Å². The molecule has 1 saturated heterocycles. The molecule has 4 nitrogen and oxygen atoms in total. The lowest BCUT2D eigenvalue weighted by Gasteiger charge is -2.25. The average Bonchev–Trinajstić information content (AvgIpc) is 2.81. The van der Waals surface area contributed by atoms with E-state index in [0.29, 0.717) is 0 Å². The molecule has 0 spiro atoms. The normalized spacial score (nSPS) is 16.5. The number of rotatable bonds is 3. The summed E-state index contributed by atoms with van der Waals surface area (Å²) in [6, 6.07) is 8.25. The number of morpholine rings is 1. The molecule has 0 radical (unpaired) electrons. The van der Waals surface area contributed by atoms with Crippen LogP contribution in [-0.2, 0) is 11.3 Å². The molecule has 0 atom stereocenters. The number of ether oxygens (including phenoxy) is 1. The third-order valence-corrected chi connectivity index (χ3v) is 3.63. The van der Waals surface area contributed by atoms with Crippen molar-refractivity contribution >= 4 is 0 Å². The molecule has 0 N–H and O–H groups in total. The maximum Gasteiger partial charge on any atom is 0.226 e. The van der Waals surface area contributed by atoms with Crippen LogP contribution >= 0.6 is 0 Å². The van der Waals surface area contributed by atoms with Gasteiger partial charge in [-0.25, -0.2) is 4.98 Å². The first-order chi connectivity index (χ1) is 9.72. The van der Waals surface area contributed by atoms with E-state index in [2.05, 4.69) is 28.9 Å². The van der Waals surface area contributed by atoms with Gasteiger partial charge in [0.15, 0.2) is 0 Å². The number of oxazole rings is 1. The van der Waals surface area contributed by atoms with Gasteiger partial charge >= 0.3 is 0 Å². The zero-order valence-electron chi connectivity index (χ0n) is 12.1. The van der Waals surface area contributed by atoms with Crippen molar-refractivity contribution < 1.29 is 9.15 Å². The number of aryl methyl sites for hydroxylation is 2. The van der Waals surface area contributed by atoms with Crippen molar-refractivity contribution in [3.63, 3.8) is 0 Å². The van der Waals surface area contributed by atoms with E-state index in [1.165, 1.54) is 5.56 Å². The van der Waals surface area contributed by atoms with Gasteiger partial charge in [0.2, 0.25) is 5.89 Å². The molecule has 1 aromatic carbocycles. The van der Waals surface area contributed by atoms with E-state index >= 15 is 0 Å². The number of hydrogen-bond acceptors (Lipinski definition) is 4. The van der Waals surface area contributed by atoms with Crippen LogP contribution in [0.4, 0.5) is 0 Å². The van der Waals surface area contributed by atoms with Gasteiger partial charge in [0.1, 0.15) is 5.76 Å². The Bertz CT molecular complexity index is 586. The highest BCUT2D eigenvalue weighted by Gasteiger charge is 2.16. The van der Waals surface area contributed by atoms with Crippen molar-refractivity contribution in [2.45, 2.75) is 20.4 Å². The summed E-state index contributed by atoms with van der Waals surface area (Å²) in [5.41, 5.74) is 3.29. The van der Waals surface area contributed by atoms with Crippen LogP contribution in [0.5, 0.6) is 0 Å². The van der Waals surface area contributed by atoms with Crippen molar-refractivity contribution in [1.29, 1.82) is 0 Å². The summed E-state index contributed by atoms with van der Waals surface area (Å²) in [5.74, 6) is 1.63. The summed E-state index contributed by atoms with van der Waals surface area (Å²) in [4.78, 5) is 7.02. The van der Waals surface area contributed by atoms with Gasteiger partial charge in [0, 0.05) is 25.2 Å². The third-order valence-electron chi connectivity index (χ3n) is 3.63. The molecule has 3 rings (SSSR count). The zero-order valence-corrected chi connectivity index (χ0v) is 12.1. The van der Waals surface area contributed by atoms with Crippen LogP contribution in [0.15, 0.2) is 28.7 Å². The molecule has 0 saturated carbocycles. The predicted octanol–water partition coefficient (Wildman–Crippen LogP) is 2.79. The Kier molecular flexibility index (Phi) is 3.85. The first kappa shape index (κ1) is 13.3. The number of benzene rings is 1. The highest BCUT2D eigenvalue weighted by molar-refractivity contribution is 5.54. The molecular formula is C16H20N2O2. The van der Waals surface area contributed by atoms with Crippen LogP contribution < -0.4 is 0 Å². The number of hydrogen-bond donors (Lipinski definition) is 0. The standard InChI is InChI=1S/C16H20N2O2/c1-12-4-3-5-14(10-12)16-17-15(13(2)20-16)11-18-6-8-19-9-7-18/h3-5,10H,6-9,11H2,1-2H3. The van der Waals surface area contributed by atoms with Crippen molar-refractivity contribution in [1.82, 2.24) is 9.88 Å². The molecule has 1 aliphatic rings. The minimum Gasteiger partial charge on any atom is -0.441 e. The van der Waals surface area contributed by atoms with E-state index in [0.717, 1.165) is 55.8 Å². The van der Waals surface area contributed by atoms with Crippen LogP contribution in [0.2, 0.25) is 0 Å². The Labute approximate surface area is 119 Å². The average molecular weight is 272 g/mol. The topological polar surface area (TPSA) is 38.5 Å². The van der Waals surface area contributed by atoms with Gasteiger partial charge in [-0.05, 0) is 26.0 Å². The minimum atomic E-state index is 0.717. The first-order valence-corrected chi connectivity index (χ1v) is 7.06. The van der Waals surface area contributed by atoms with Crippen LogP contribution in [0.3, 0.4) is 0 Å². The van der Waals surface area contributed by atoms with E-state index < -0.39 is 0 Å². The van der Waals surface area contributed by atoms with Crippen LogP contribution in [0.25, 0.3) is 11.5 Å². The van der Waals surface area contributed by atoms with E-state index in [4.69, 9.17) is 9.15 Å². The maximum atomic E-state index is 5.83. The summed E-state index contributed by atoms with van der Waals surface area (Å²) in [5, 5.41) is 0. The molecule has 1 aliphatic heterocycles. The summed E-state index contributed by atoms with van der Waals surface area (Å²) in [7, 11) is 0. The fourth-order valence-electron chi connectivity index (χ4n) is 2.45. The van der Waals surface area contributed by atoms with Crippen LogP contribution in [-0.4, -0.2) is 36.2 Å². The van der Waals surface area contributed by atoms with E-state index in [1.807, 2.05) is 19.1 Å². The van der Waals surface area contributed by atoms with E-state index in [1.54, 1.807) is 0 Å². The van der Waals surface area contributed by atoms with E-state index in [9.17, 15) is 0 Å². The molecule has 0 unspecified atom stereocenters. The lowest BCUT2D eigenvalue weighted by Crippen LogP contribution is -2.35. The van der Waals surface area contributed by atoms with E-state index in [-0.39, 0.29) is 0 Å². The van der Waals surface area contributed by atoms with Gasteiger partial charge in [0.25, 0.3) is 0 Å². The van der Waals surface area contributed by atoms with Crippen LogP contribution in [0, 0.1) is 13.8 Å². The molecule has 4 heteroatoms.